The van der Waals surface area contributed by atoms with Gasteiger partial charge in [0.1, 0.15) is 0 Å². The van der Waals surface area contributed by atoms with Gasteiger partial charge in [-0.1, -0.05) is 6.07 Å². The number of benzene rings is 1. The zero-order valence-electron chi connectivity index (χ0n) is 10.5. The van der Waals surface area contributed by atoms with Crippen molar-refractivity contribution >= 4 is 11.1 Å². The van der Waals surface area contributed by atoms with Gasteiger partial charge in [-0.05, 0) is 30.7 Å². The van der Waals surface area contributed by atoms with Crippen LogP contribution in [0.15, 0.2) is 33.6 Å². The number of oxazole rings is 1. The van der Waals surface area contributed by atoms with E-state index in [1.165, 1.54) is 0 Å². The van der Waals surface area contributed by atoms with Crippen LogP contribution in [-0.2, 0) is 13.5 Å². The minimum Gasteiger partial charge on any atom is -0.408 e. The number of aromatic amines is 1. The van der Waals surface area contributed by atoms with Gasteiger partial charge < -0.3 is 10.2 Å². The molecule has 2 heterocycles. The monoisotopic (exact) mass is 258 g/mol. The summed E-state index contributed by atoms with van der Waals surface area (Å²) < 4.78 is 6.83. The molecule has 2 aromatic heterocycles. The second-order valence-electron chi connectivity index (χ2n) is 4.44. The van der Waals surface area contributed by atoms with Crippen molar-refractivity contribution in [2.24, 2.45) is 12.8 Å². The molecule has 3 aromatic rings. The third-order valence-corrected chi connectivity index (χ3v) is 3.01. The van der Waals surface area contributed by atoms with E-state index >= 15 is 0 Å². The molecule has 0 saturated carbocycles. The predicted octanol–water partition coefficient (Wildman–Crippen LogP) is 1.02. The summed E-state index contributed by atoms with van der Waals surface area (Å²) in [6.45, 7) is 0.570. The van der Waals surface area contributed by atoms with Crippen LogP contribution >= 0.6 is 0 Å². The Morgan fingerprint density at radius 2 is 2.32 bits per heavy atom. The van der Waals surface area contributed by atoms with Gasteiger partial charge in [0, 0.05) is 18.8 Å². The van der Waals surface area contributed by atoms with Crippen LogP contribution in [0.25, 0.3) is 22.4 Å². The van der Waals surface area contributed by atoms with Gasteiger partial charge in [0.2, 0.25) is 0 Å². The standard InChI is InChI=1S/C13H14N4O2/c1-17-7-9(4-5-14)12(16-17)8-2-3-10-11(6-8)19-13(18)15-10/h2-3,6-7H,4-5,14H2,1H3,(H,15,18). The molecule has 3 rings (SSSR count). The van der Waals surface area contributed by atoms with Crippen LogP contribution in [0, 0.1) is 0 Å². The van der Waals surface area contributed by atoms with Gasteiger partial charge in [0.05, 0.1) is 11.2 Å². The van der Waals surface area contributed by atoms with Crippen LogP contribution in [0.4, 0.5) is 0 Å². The zero-order chi connectivity index (χ0) is 13.4. The summed E-state index contributed by atoms with van der Waals surface area (Å²) in [5.74, 6) is -0.449. The highest BCUT2D eigenvalue weighted by molar-refractivity contribution is 5.79. The number of nitrogens with two attached hydrogens (primary N) is 1. The molecule has 0 amide bonds. The SMILES string of the molecule is Cn1cc(CCN)c(-c2ccc3[nH]c(=O)oc3c2)n1. The van der Waals surface area contributed by atoms with E-state index in [-0.39, 0.29) is 0 Å². The predicted molar refractivity (Wildman–Crippen MR) is 71.8 cm³/mol. The zero-order valence-corrected chi connectivity index (χ0v) is 10.5. The third-order valence-electron chi connectivity index (χ3n) is 3.01. The Morgan fingerprint density at radius 1 is 1.47 bits per heavy atom. The molecule has 6 nitrogen and oxygen atoms in total. The molecule has 0 spiro atoms. The second kappa shape index (κ2) is 4.40. The number of hydrogen-bond acceptors (Lipinski definition) is 4. The number of aromatic nitrogens is 3. The highest BCUT2D eigenvalue weighted by Gasteiger charge is 2.11. The van der Waals surface area contributed by atoms with Crippen molar-refractivity contribution in [3.05, 3.63) is 40.5 Å². The molecule has 0 atom stereocenters. The van der Waals surface area contributed by atoms with Crippen LogP contribution in [0.3, 0.4) is 0 Å². The molecule has 19 heavy (non-hydrogen) atoms. The molecule has 0 aliphatic carbocycles. The molecular weight excluding hydrogens is 244 g/mol. The summed E-state index contributed by atoms with van der Waals surface area (Å²) in [6.07, 6.45) is 2.72. The number of aryl methyl sites for hydroxylation is 1. The van der Waals surface area contributed by atoms with Crippen molar-refractivity contribution in [1.29, 1.82) is 0 Å². The fourth-order valence-electron chi connectivity index (χ4n) is 2.21. The lowest BCUT2D eigenvalue weighted by Gasteiger charge is -2.00. The molecule has 98 valence electrons. The number of H-pyrrole nitrogens is 1. The van der Waals surface area contributed by atoms with E-state index in [4.69, 9.17) is 10.2 Å². The quantitative estimate of drug-likeness (QED) is 0.734. The summed E-state index contributed by atoms with van der Waals surface area (Å²) >= 11 is 0. The van der Waals surface area contributed by atoms with E-state index < -0.39 is 5.76 Å². The lowest BCUT2D eigenvalue weighted by atomic mass is 10.1. The topological polar surface area (TPSA) is 89.8 Å². The van der Waals surface area contributed by atoms with Gasteiger partial charge >= 0.3 is 5.76 Å². The Hall–Kier alpha value is -2.34. The fourth-order valence-corrected chi connectivity index (χ4v) is 2.21. The van der Waals surface area contributed by atoms with Crippen molar-refractivity contribution in [2.45, 2.75) is 6.42 Å². The van der Waals surface area contributed by atoms with E-state index in [0.717, 1.165) is 23.2 Å². The number of nitrogens with zero attached hydrogens (tertiary/aromatic N) is 2. The number of rotatable bonds is 3. The van der Waals surface area contributed by atoms with Gasteiger partial charge in [0.25, 0.3) is 0 Å². The highest BCUT2D eigenvalue weighted by Crippen LogP contribution is 2.25. The summed E-state index contributed by atoms with van der Waals surface area (Å²) in [4.78, 5) is 13.8. The summed E-state index contributed by atoms with van der Waals surface area (Å²) in [6, 6.07) is 5.54. The van der Waals surface area contributed by atoms with Crippen molar-refractivity contribution < 1.29 is 4.42 Å². The average Bonchev–Trinajstić information content (AvgIpc) is 2.90. The normalized spacial score (nSPS) is 11.3. The molecular formula is C13H14N4O2. The van der Waals surface area contributed by atoms with Gasteiger partial charge in [-0.15, -0.1) is 0 Å². The van der Waals surface area contributed by atoms with Crippen LogP contribution in [0.2, 0.25) is 0 Å². The number of hydrogen-bond donors (Lipinski definition) is 2. The molecule has 0 aliphatic heterocycles. The first-order chi connectivity index (χ1) is 9.17. The van der Waals surface area contributed by atoms with Crippen molar-refractivity contribution in [3.8, 4) is 11.3 Å². The first kappa shape index (κ1) is 11.7. The Balaban J connectivity index is 2.15. The summed E-state index contributed by atoms with van der Waals surface area (Å²) in [7, 11) is 1.87. The molecule has 3 N–H and O–H groups in total. The second-order valence-corrected chi connectivity index (χ2v) is 4.44. The van der Waals surface area contributed by atoms with Crippen LogP contribution in [0.1, 0.15) is 5.56 Å². The van der Waals surface area contributed by atoms with E-state index in [2.05, 4.69) is 10.1 Å². The minimum absolute atomic E-state index is 0.449. The van der Waals surface area contributed by atoms with Gasteiger partial charge in [-0.2, -0.15) is 5.10 Å². The Kier molecular flexibility index (Phi) is 2.72. The first-order valence-corrected chi connectivity index (χ1v) is 6.03. The number of fused-ring (bicyclic) bond motifs is 1. The lowest BCUT2D eigenvalue weighted by Crippen LogP contribution is -2.02. The molecule has 0 unspecified atom stereocenters. The minimum atomic E-state index is -0.449. The molecule has 0 aliphatic rings. The highest BCUT2D eigenvalue weighted by atomic mass is 16.4. The maximum atomic E-state index is 11.2. The molecule has 6 heteroatoms. The smallest absolute Gasteiger partial charge is 0.408 e. The molecule has 0 saturated heterocycles. The Bertz CT molecular complexity index is 781. The molecule has 0 fully saturated rings. The van der Waals surface area contributed by atoms with Crippen LogP contribution in [0.5, 0.6) is 0 Å². The van der Waals surface area contributed by atoms with E-state index in [1.807, 2.05) is 31.4 Å². The van der Waals surface area contributed by atoms with Crippen molar-refractivity contribution in [1.82, 2.24) is 14.8 Å². The van der Waals surface area contributed by atoms with Gasteiger partial charge in [-0.25, -0.2) is 4.79 Å². The molecule has 0 bridgehead atoms. The third kappa shape index (κ3) is 2.06. The van der Waals surface area contributed by atoms with Crippen LogP contribution < -0.4 is 11.5 Å². The molecule has 0 radical (unpaired) electrons. The maximum absolute atomic E-state index is 11.2. The fraction of sp³-hybridized carbons (Fsp3) is 0.231. The summed E-state index contributed by atoms with van der Waals surface area (Å²) in [5.41, 5.74) is 9.70. The largest absolute Gasteiger partial charge is 0.417 e. The average molecular weight is 258 g/mol. The number of nitrogens with one attached hydrogen (secondary N) is 1. The Morgan fingerprint density at radius 3 is 3.11 bits per heavy atom. The van der Waals surface area contributed by atoms with Gasteiger partial charge in [0.15, 0.2) is 5.58 Å². The Labute approximate surface area is 108 Å². The molecule has 1 aromatic carbocycles. The van der Waals surface area contributed by atoms with Gasteiger partial charge in [-0.3, -0.25) is 9.67 Å². The van der Waals surface area contributed by atoms with Crippen molar-refractivity contribution in [2.75, 3.05) is 6.54 Å². The summed E-state index contributed by atoms with van der Waals surface area (Å²) in [5, 5.41) is 4.44. The van der Waals surface area contributed by atoms with E-state index in [0.29, 0.717) is 17.6 Å². The van der Waals surface area contributed by atoms with Crippen molar-refractivity contribution in [3.63, 3.8) is 0 Å². The van der Waals surface area contributed by atoms with E-state index in [1.54, 1.807) is 4.68 Å². The van der Waals surface area contributed by atoms with Crippen LogP contribution in [-0.4, -0.2) is 21.3 Å². The lowest BCUT2D eigenvalue weighted by molar-refractivity contribution is 0.555. The first-order valence-electron chi connectivity index (χ1n) is 6.03. The van der Waals surface area contributed by atoms with E-state index in [9.17, 15) is 4.79 Å². The maximum Gasteiger partial charge on any atom is 0.417 e.